The highest BCUT2D eigenvalue weighted by molar-refractivity contribution is 7.12. The highest BCUT2D eigenvalue weighted by atomic mass is 32.1. The minimum absolute atomic E-state index is 0.235. The molecule has 0 fully saturated rings. The lowest BCUT2D eigenvalue weighted by atomic mass is 10.2. The van der Waals surface area contributed by atoms with E-state index in [0.29, 0.717) is 17.0 Å². The molecule has 0 radical (unpaired) electrons. The summed E-state index contributed by atoms with van der Waals surface area (Å²) in [6, 6.07) is 1.71. The molecule has 7 heteroatoms. The fraction of sp³-hybridized carbons (Fsp3) is 0.0833. The van der Waals surface area contributed by atoms with Crippen molar-refractivity contribution in [3.63, 3.8) is 0 Å². The lowest BCUT2D eigenvalue weighted by Gasteiger charge is -2.02. The van der Waals surface area contributed by atoms with Crippen LogP contribution in [0.15, 0.2) is 29.9 Å². The number of hydrogen-bond acceptors (Lipinski definition) is 4. The number of hydrogen-bond donors (Lipinski definition) is 3. The molecule has 0 aliphatic rings. The number of amides is 1. The van der Waals surface area contributed by atoms with Crippen molar-refractivity contribution < 1.29 is 14.7 Å². The number of thiophene rings is 1. The Morgan fingerprint density at radius 3 is 3.05 bits per heavy atom. The first-order chi connectivity index (χ1) is 9.16. The monoisotopic (exact) mass is 277 g/mol. The van der Waals surface area contributed by atoms with E-state index >= 15 is 0 Å². The smallest absolute Gasteiger partial charge is 0.328 e. The van der Waals surface area contributed by atoms with Crippen molar-refractivity contribution in [1.29, 1.82) is 0 Å². The van der Waals surface area contributed by atoms with E-state index in [0.717, 1.165) is 11.6 Å². The zero-order chi connectivity index (χ0) is 13.7. The van der Waals surface area contributed by atoms with Crippen molar-refractivity contribution in [3.05, 3.63) is 45.9 Å². The number of carbonyl (C=O) groups is 2. The third-order valence-corrected chi connectivity index (χ3v) is 3.24. The molecule has 0 aliphatic carbocycles. The summed E-state index contributed by atoms with van der Waals surface area (Å²) in [6.45, 7) is 0.370. The molecule has 2 aromatic heterocycles. The van der Waals surface area contributed by atoms with Gasteiger partial charge in [0.25, 0.3) is 5.91 Å². The second-order valence-electron chi connectivity index (χ2n) is 3.67. The van der Waals surface area contributed by atoms with Crippen LogP contribution < -0.4 is 5.32 Å². The summed E-state index contributed by atoms with van der Waals surface area (Å²) in [7, 11) is 0. The Balaban J connectivity index is 2.03. The van der Waals surface area contributed by atoms with Crippen molar-refractivity contribution in [2.75, 3.05) is 0 Å². The Hall–Kier alpha value is -2.41. The van der Waals surface area contributed by atoms with Gasteiger partial charge in [0, 0.05) is 24.4 Å². The predicted molar refractivity (Wildman–Crippen MR) is 70.7 cm³/mol. The molecule has 0 atom stereocenters. The van der Waals surface area contributed by atoms with Crippen molar-refractivity contribution >= 4 is 29.3 Å². The molecular weight excluding hydrogens is 266 g/mol. The van der Waals surface area contributed by atoms with Crippen LogP contribution in [0.2, 0.25) is 0 Å². The third kappa shape index (κ3) is 3.52. The largest absolute Gasteiger partial charge is 0.478 e. The summed E-state index contributed by atoms with van der Waals surface area (Å²) in [4.78, 5) is 22.9. The Kier molecular flexibility index (Phi) is 4.09. The summed E-state index contributed by atoms with van der Waals surface area (Å²) in [5, 5.41) is 19.5. The van der Waals surface area contributed by atoms with Gasteiger partial charge >= 0.3 is 5.97 Å². The number of nitrogens with zero attached hydrogens (tertiary/aromatic N) is 1. The second kappa shape index (κ2) is 5.96. The Bertz CT molecular complexity index is 602. The summed E-state index contributed by atoms with van der Waals surface area (Å²) in [5.41, 5.74) is 1.46. The number of aliphatic carboxylic acids is 1. The van der Waals surface area contributed by atoms with Crippen LogP contribution in [-0.4, -0.2) is 27.2 Å². The van der Waals surface area contributed by atoms with Crippen molar-refractivity contribution in [2.45, 2.75) is 6.54 Å². The van der Waals surface area contributed by atoms with Crippen LogP contribution in [0.3, 0.4) is 0 Å². The minimum Gasteiger partial charge on any atom is -0.478 e. The van der Waals surface area contributed by atoms with Crippen LogP contribution in [-0.2, 0) is 11.3 Å². The minimum atomic E-state index is -1.05. The maximum atomic E-state index is 12.0. The molecule has 2 heterocycles. The van der Waals surface area contributed by atoms with Gasteiger partial charge in [-0.15, -0.1) is 11.3 Å². The van der Waals surface area contributed by atoms with E-state index < -0.39 is 5.97 Å². The van der Waals surface area contributed by atoms with Crippen molar-refractivity contribution in [1.82, 2.24) is 15.5 Å². The van der Waals surface area contributed by atoms with Crippen molar-refractivity contribution in [2.24, 2.45) is 0 Å². The number of carboxylic acid groups (broad SMARTS) is 1. The normalized spacial score (nSPS) is 10.7. The predicted octanol–water partition coefficient (Wildman–Crippen LogP) is 1.50. The van der Waals surface area contributed by atoms with E-state index in [-0.39, 0.29) is 5.91 Å². The van der Waals surface area contributed by atoms with Crippen LogP contribution in [0, 0.1) is 0 Å². The molecule has 6 nitrogen and oxygen atoms in total. The number of carboxylic acids is 1. The van der Waals surface area contributed by atoms with Crippen molar-refractivity contribution in [3.8, 4) is 0 Å². The highest BCUT2D eigenvalue weighted by Crippen LogP contribution is 2.18. The molecule has 2 rings (SSSR count). The number of nitrogens with one attached hydrogen (secondary N) is 2. The van der Waals surface area contributed by atoms with Gasteiger partial charge in [-0.3, -0.25) is 9.89 Å². The molecule has 0 bridgehead atoms. The zero-order valence-electron chi connectivity index (χ0n) is 9.79. The molecule has 19 heavy (non-hydrogen) atoms. The van der Waals surface area contributed by atoms with Gasteiger partial charge in [-0.1, -0.05) is 0 Å². The van der Waals surface area contributed by atoms with E-state index in [2.05, 4.69) is 15.5 Å². The number of rotatable bonds is 5. The molecular formula is C12H11N3O3S. The van der Waals surface area contributed by atoms with Gasteiger partial charge in [0.15, 0.2) is 0 Å². The Morgan fingerprint density at radius 2 is 2.37 bits per heavy atom. The van der Waals surface area contributed by atoms with Gasteiger partial charge in [-0.25, -0.2) is 4.79 Å². The van der Waals surface area contributed by atoms with E-state index in [1.54, 1.807) is 23.8 Å². The van der Waals surface area contributed by atoms with E-state index in [4.69, 9.17) is 5.11 Å². The average Bonchev–Trinajstić information content (AvgIpc) is 3.04. The maximum absolute atomic E-state index is 12.0. The van der Waals surface area contributed by atoms with Crippen LogP contribution in [0.5, 0.6) is 0 Å². The number of aromatic amines is 1. The van der Waals surface area contributed by atoms with E-state index in [1.807, 2.05) is 0 Å². The van der Waals surface area contributed by atoms with E-state index in [9.17, 15) is 9.59 Å². The molecule has 0 saturated carbocycles. The summed E-state index contributed by atoms with van der Waals surface area (Å²) < 4.78 is 0. The van der Waals surface area contributed by atoms with Crippen LogP contribution in [0.4, 0.5) is 0 Å². The fourth-order valence-electron chi connectivity index (χ4n) is 1.43. The fourth-order valence-corrected chi connectivity index (χ4v) is 2.24. The van der Waals surface area contributed by atoms with Crippen LogP contribution >= 0.6 is 11.3 Å². The number of aromatic nitrogens is 2. The maximum Gasteiger partial charge on any atom is 0.328 e. The van der Waals surface area contributed by atoms with Crippen LogP contribution in [0.1, 0.15) is 20.8 Å². The lowest BCUT2D eigenvalue weighted by molar-refractivity contribution is -0.131. The third-order valence-electron chi connectivity index (χ3n) is 2.32. The van der Waals surface area contributed by atoms with Gasteiger partial charge in [-0.05, 0) is 23.1 Å². The number of H-pyrrole nitrogens is 1. The van der Waals surface area contributed by atoms with Gasteiger partial charge in [0.05, 0.1) is 11.1 Å². The first kappa shape index (κ1) is 13.0. The number of carbonyl (C=O) groups excluding carboxylic acids is 1. The van der Waals surface area contributed by atoms with Gasteiger partial charge in [0.1, 0.15) is 0 Å². The molecule has 0 aliphatic heterocycles. The summed E-state index contributed by atoms with van der Waals surface area (Å²) in [5.74, 6) is -1.28. The molecule has 0 unspecified atom stereocenters. The van der Waals surface area contributed by atoms with Gasteiger partial charge in [-0.2, -0.15) is 5.10 Å². The second-order valence-corrected chi connectivity index (χ2v) is 4.58. The quantitative estimate of drug-likeness (QED) is 0.722. The summed E-state index contributed by atoms with van der Waals surface area (Å²) >= 11 is 1.27. The van der Waals surface area contributed by atoms with Gasteiger partial charge < -0.3 is 10.4 Å². The average molecular weight is 277 g/mol. The molecule has 0 spiro atoms. The first-order valence-corrected chi connectivity index (χ1v) is 6.29. The Morgan fingerprint density at radius 1 is 1.53 bits per heavy atom. The standard InChI is InChI=1S/C12H11N3O3S/c16-10(17)2-1-9-3-4-19-11(9)12(18)13-5-8-6-14-15-7-8/h1-4,6-7H,5H2,(H,13,18)(H,14,15)(H,16,17)/b2-1+. The molecule has 0 aromatic carbocycles. The first-order valence-electron chi connectivity index (χ1n) is 5.41. The molecule has 1 amide bonds. The summed E-state index contributed by atoms with van der Waals surface area (Å²) in [6.07, 6.45) is 5.74. The zero-order valence-corrected chi connectivity index (χ0v) is 10.6. The lowest BCUT2D eigenvalue weighted by Crippen LogP contribution is -2.22. The van der Waals surface area contributed by atoms with E-state index in [1.165, 1.54) is 17.4 Å². The van der Waals surface area contributed by atoms with Crippen LogP contribution in [0.25, 0.3) is 6.08 Å². The highest BCUT2D eigenvalue weighted by Gasteiger charge is 2.11. The SMILES string of the molecule is O=C(O)/C=C/c1ccsc1C(=O)NCc1cn[nH]c1. The molecule has 3 N–H and O–H groups in total. The Labute approximate surface area is 112 Å². The molecule has 98 valence electrons. The topological polar surface area (TPSA) is 95.1 Å². The molecule has 0 saturated heterocycles. The van der Waals surface area contributed by atoms with Gasteiger partial charge in [0.2, 0.25) is 0 Å². The molecule has 2 aromatic rings.